The fourth-order valence-corrected chi connectivity index (χ4v) is 6.65. The molecule has 6 nitrogen and oxygen atoms in total. The molecule has 2 saturated carbocycles. The summed E-state index contributed by atoms with van der Waals surface area (Å²) in [7, 11) is 0. The molecular formula is C31H43ClN4O2. The van der Waals surface area contributed by atoms with Crippen LogP contribution in [-0.2, 0) is 6.54 Å². The van der Waals surface area contributed by atoms with E-state index in [9.17, 15) is 10.1 Å². The number of fused-ring (bicyclic) bond motifs is 1. The number of non-ortho nitro benzene ring substituents is 1. The second kappa shape index (κ2) is 13.1. The van der Waals surface area contributed by atoms with Gasteiger partial charge in [0.1, 0.15) is 0 Å². The molecule has 1 unspecified atom stereocenters. The van der Waals surface area contributed by atoms with Crippen LogP contribution in [0.5, 0.6) is 0 Å². The van der Waals surface area contributed by atoms with E-state index in [1.807, 2.05) is 6.07 Å². The van der Waals surface area contributed by atoms with Gasteiger partial charge in [0, 0.05) is 53.8 Å². The molecule has 0 saturated heterocycles. The van der Waals surface area contributed by atoms with Crippen LogP contribution in [0.4, 0.5) is 5.69 Å². The van der Waals surface area contributed by atoms with Crippen LogP contribution in [0, 0.1) is 23.0 Å². The van der Waals surface area contributed by atoms with Gasteiger partial charge in [-0.1, -0.05) is 49.1 Å². The maximum Gasteiger partial charge on any atom is 0.270 e. The summed E-state index contributed by atoms with van der Waals surface area (Å²) in [6, 6.07) is 15.1. The van der Waals surface area contributed by atoms with Gasteiger partial charge in [-0.2, -0.15) is 0 Å². The number of rotatable bonds is 9. The van der Waals surface area contributed by atoms with Crippen molar-refractivity contribution >= 4 is 29.0 Å². The fourth-order valence-electron chi connectivity index (χ4n) is 6.65. The van der Waals surface area contributed by atoms with Crippen molar-refractivity contribution in [2.24, 2.45) is 11.7 Å². The second-order valence-corrected chi connectivity index (χ2v) is 11.5. The molecule has 3 N–H and O–H groups in total. The maximum atomic E-state index is 11.7. The number of nitrogens with one attached hydrogen (secondary N) is 1. The largest absolute Gasteiger partial charge is 0.347 e. The molecule has 1 heterocycles. The molecule has 1 atom stereocenters. The molecule has 3 aromatic rings. The Bertz CT molecular complexity index is 1210. The van der Waals surface area contributed by atoms with Crippen LogP contribution in [0.1, 0.15) is 86.8 Å². The number of hydrogen-bond donors (Lipinski definition) is 2. The summed E-state index contributed by atoms with van der Waals surface area (Å²) in [6.07, 6.45) is 14.3. The van der Waals surface area contributed by atoms with E-state index < -0.39 is 0 Å². The molecule has 0 bridgehead atoms. The summed E-state index contributed by atoms with van der Waals surface area (Å²) >= 11 is 0. The summed E-state index contributed by atoms with van der Waals surface area (Å²) in [4.78, 5) is 11.4. The van der Waals surface area contributed by atoms with Gasteiger partial charge < -0.3 is 15.6 Å². The molecule has 0 aliphatic heterocycles. The Morgan fingerprint density at radius 3 is 2.53 bits per heavy atom. The van der Waals surface area contributed by atoms with Crippen LogP contribution in [-0.4, -0.2) is 28.1 Å². The van der Waals surface area contributed by atoms with Crippen LogP contribution in [0.3, 0.4) is 0 Å². The van der Waals surface area contributed by atoms with E-state index in [4.69, 9.17) is 5.73 Å². The van der Waals surface area contributed by atoms with Crippen LogP contribution >= 0.6 is 12.4 Å². The van der Waals surface area contributed by atoms with Crippen molar-refractivity contribution in [2.75, 3.05) is 6.54 Å². The Labute approximate surface area is 232 Å². The summed E-state index contributed by atoms with van der Waals surface area (Å²) in [5.41, 5.74) is 11.2. The Morgan fingerprint density at radius 1 is 1.05 bits per heavy atom. The highest BCUT2D eigenvalue weighted by Gasteiger charge is 2.24. The first kappa shape index (κ1) is 28.6. The SMILES string of the molecule is Cc1cccc(C(CCNC2CCC(N)CC2)c2cn(CC3CCCCC3)c3ccc([N+](=O)[O-])cc23)c1.Cl. The van der Waals surface area contributed by atoms with E-state index in [0.717, 1.165) is 56.1 Å². The van der Waals surface area contributed by atoms with Gasteiger partial charge in [0.15, 0.2) is 0 Å². The van der Waals surface area contributed by atoms with Gasteiger partial charge in [0.2, 0.25) is 0 Å². The molecule has 2 fully saturated rings. The van der Waals surface area contributed by atoms with E-state index >= 15 is 0 Å². The first-order chi connectivity index (χ1) is 18.0. The van der Waals surface area contributed by atoms with Crippen molar-refractivity contribution in [3.8, 4) is 0 Å². The molecule has 7 heteroatoms. The average Bonchev–Trinajstić information content (AvgIpc) is 3.25. The third kappa shape index (κ3) is 6.77. The molecule has 38 heavy (non-hydrogen) atoms. The number of nitro benzene ring substituents is 1. The Morgan fingerprint density at radius 2 is 1.82 bits per heavy atom. The van der Waals surface area contributed by atoms with Crippen molar-refractivity contribution in [1.82, 2.24) is 9.88 Å². The number of nitrogens with two attached hydrogens (primary N) is 1. The predicted molar refractivity (Wildman–Crippen MR) is 158 cm³/mol. The highest BCUT2D eigenvalue weighted by Crippen LogP contribution is 2.38. The van der Waals surface area contributed by atoms with E-state index in [0.29, 0.717) is 18.0 Å². The van der Waals surface area contributed by atoms with Crippen molar-refractivity contribution in [1.29, 1.82) is 0 Å². The summed E-state index contributed by atoms with van der Waals surface area (Å²) in [6.45, 7) is 4.05. The number of aryl methyl sites for hydroxylation is 1. The first-order valence-electron chi connectivity index (χ1n) is 14.3. The number of nitrogens with zero attached hydrogens (tertiary/aromatic N) is 2. The number of aromatic nitrogens is 1. The van der Waals surface area contributed by atoms with Gasteiger partial charge in [-0.25, -0.2) is 0 Å². The monoisotopic (exact) mass is 538 g/mol. The Kier molecular flexibility index (Phi) is 9.85. The zero-order chi connectivity index (χ0) is 25.8. The van der Waals surface area contributed by atoms with Gasteiger partial charge in [-0.05, 0) is 81.5 Å². The highest BCUT2D eigenvalue weighted by atomic mass is 35.5. The molecular weight excluding hydrogens is 496 g/mol. The normalized spacial score (nSPS) is 21.2. The number of hydrogen-bond acceptors (Lipinski definition) is 4. The standard InChI is InChI=1S/C31H42N4O2.ClH/c1-22-6-5-9-24(18-22)28(16-17-33-26-12-10-25(32)11-13-26)30-21-34(20-23-7-3-2-4-8-23)31-15-14-27(35(36)37)19-29(30)31;/h5-6,9,14-15,18-19,21,23,25-26,28,33H,2-4,7-8,10-13,16-17,20,32H2,1H3;1H. The summed E-state index contributed by atoms with van der Waals surface area (Å²) in [5.74, 6) is 0.861. The lowest BCUT2D eigenvalue weighted by Crippen LogP contribution is -2.38. The van der Waals surface area contributed by atoms with Crippen molar-refractivity contribution < 1.29 is 4.92 Å². The Balaban J connectivity index is 0.00000336. The fraction of sp³-hybridized carbons (Fsp3) is 0.548. The van der Waals surface area contributed by atoms with Gasteiger partial charge in [0.05, 0.1) is 4.92 Å². The topological polar surface area (TPSA) is 86.1 Å². The van der Waals surface area contributed by atoms with E-state index in [2.05, 4.69) is 47.3 Å². The zero-order valence-electron chi connectivity index (χ0n) is 22.6. The van der Waals surface area contributed by atoms with Gasteiger partial charge in [-0.3, -0.25) is 10.1 Å². The molecule has 0 radical (unpaired) electrons. The van der Waals surface area contributed by atoms with Crippen LogP contribution < -0.4 is 11.1 Å². The molecule has 5 rings (SSSR count). The lowest BCUT2D eigenvalue weighted by atomic mass is 9.87. The molecule has 2 aliphatic rings. The minimum absolute atomic E-state index is 0. The van der Waals surface area contributed by atoms with Crippen LogP contribution in [0.15, 0.2) is 48.7 Å². The van der Waals surface area contributed by atoms with E-state index in [1.165, 1.54) is 48.8 Å². The third-order valence-electron chi connectivity index (χ3n) is 8.74. The highest BCUT2D eigenvalue weighted by molar-refractivity contribution is 5.87. The molecule has 1 aromatic heterocycles. The van der Waals surface area contributed by atoms with E-state index in [1.54, 1.807) is 12.1 Å². The average molecular weight is 539 g/mol. The molecule has 2 aromatic carbocycles. The summed E-state index contributed by atoms with van der Waals surface area (Å²) < 4.78 is 2.39. The van der Waals surface area contributed by atoms with E-state index in [-0.39, 0.29) is 28.9 Å². The lowest BCUT2D eigenvalue weighted by Gasteiger charge is -2.28. The molecule has 206 valence electrons. The quantitative estimate of drug-likeness (QED) is 0.222. The number of benzene rings is 2. The van der Waals surface area contributed by atoms with Crippen molar-refractivity contribution in [2.45, 2.75) is 95.7 Å². The number of halogens is 1. The minimum atomic E-state index is -0.265. The molecule has 0 amide bonds. The second-order valence-electron chi connectivity index (χ2n) is 11.5. The van der Waals surface area contributed by atoms with Gasteiger partial charge in [-0.15, -0.1) is 12.4 Å². The maximum absolute atomic E-state index is 11.7. The first-order valence-corrected chi connectivity index (χ1v) is 14.3. The van der Waals surface area contributed by atoms with Crippen LogP contribution in [0.25, 0.3) is 10.9 Å². The third-order valence-corrected chi connectivity index (χ3v) is 8.74. The molecule has 2 aliphatic carbocycles. The number of nitro groups is 1. The Hall–Kier alpha value is -2.41. The van der Waals surface area contributed by atoms with Crippen molar-refractivity contribution in [3.63, 3.8) is 0 Å². The van der Waals surface area contributed by atoms with Gasteiger partial charge in [0.25, 0.3) is 5.69 Å². The van der Waals surface area contributed by atoms with Crippen LogP contribution in [0.2, 0.25) is 0 Å². The van der Waals surface area contributed by atoms with Gasteiger partial charge >= 0.3 is 0 Å². The lowest BCUT2D eigenvalue weighted by molar-refractivity contribution is -0.384. The zero-order valence-corrected chi connectivity index (χ0v) is 23.4. The minimum Gasteiger partial charge on any atom is -0.347 e. The molecule has 0 spiro atoms. The summed E-state index contributed by atoms with van der Waals surface area (Å²) in [5, 5.41) is 16.5. The predicted octanol–water partition coefficient (Wildman–Crippen LogP) is 7.24. The smallest absolute Gasteiger partial charge is 0.270 e. The van der Waals surface area contributed by atoms with Crippen molar-refractivity contribution in [3.05, 3.63) is 75.5 Å².